The molecule has 1 heterocycles. The molecule has 1 aliphatic heterocycles. The van der Waals surface area contributed by atoms with E-state index in [1.165, 1.54) is 0 Å². The highest BCUT2D eigenvalue weighted by Gasteiger charge is 2.36. The minimum atomic E-state index is -0.486. The lowest BCUT2D eigenvalue weighted by Gasteiger charge is -2.26. The zero-order valence-electron chi connectivity index (χ0n) is 9.06. The Kier molecular flexibility index (Phi) is 3.26. The van der Waals surface area contributed by atoms with Crippen LogP contribution in [-0.4, -0.2) is 41.1 Å². The summed E-state index contributed by atoms with van der Waals surface area (Å²) in [5.74, 6) is 0.0246. The molecule has 0 bridgehead atoms. The summed E-state index contributed by atoms with van der Waals surface area (Å²) in [6, 6.07) is -0.486. The summed E-state index contributed by atoms with van der Waals surface area (Å²) in [5.41, 5.74) is 5.94. The van der Waals surface area contributed by atoms with Crippen LogP contribution in [0, 0.1) is 5.92 Å². The first-order chi connectivity index (χ1) is 7.20. The van der Waals surface area contributed by atoms with Gasteiger partial charge in [-0.15, -0.1) is 0 Å². The number of carbonyl (C=O) groups excluding carboxylic acids is 1. The second-order valence-corrected chi connectivity index (χ2v) is 4.72. The summed E-state index contributed by atoms with van der Waals surface area (Å²) in [5, 5.41) is 9.70. The van der Waals surface area contributed by atoms with Crippen LogP contribution in [0.15, 0.2) is 0 Å². The topological polar surface area (TPSA) is 66.6 Å². The predicted octanol–water partition coefficient (Wildman–Crippen LogP) is 0.0971. The lowest BCUT2D eigenvalue weighted by molar-refractivity contribution is -0.133. The molecule has 15 heavy (non-hydrogen) atoms. The highest BCUT2D eigenvalue weighted by molar-refractivity contribution is 5.82. The van der Waals surface area contributed by atoms with E-state index in [-0.39, 0.29) is 17.9 Å². The smallest absolute Gasteiger partial charge is 0.239 e. The number of nitrogens with two attached hydrogens (primary N) is 1. The average Bonchev–Trinajstić information content (AvgIpc) is 2.85. The number of amides is 1. The number of nitrogens with zero attached hydrogens (tertiary/aromatic N) is 1. The molecule has 0 aromatic heterocycles. The molecule has 4 nitrogen and oxygen atoms in total. The molecule has 0 radical (unpaired) electrons. The number of hydrogen-bond acceptors (Lipinski definition) is 3. The van der Waals surface area contributed by atoms with Gasteiger partial charge in [-0.3, -0.25) is 4.79 Å². The van der Waals surface area contributed by atoms with Gasteiger partial charge in [-0.25, -0.2) is 0 Å². The lowest BCUT2D eigenvalue weighted by atomic mass is 9.96. The fraction of sp³-hybridized carbons (Fsp3) is 0.909. The zero-order valence-corrected chi connectivity index (χ0v) is 9.06. The Balaban J connectivity index is 1.94. The standard InChI is InChI=1S/C11H20N2O2/c12-10(8-4-3-5-9(8)14)11(15)13-6-1-2-7-13/h8-10,14H,1-7,12H2/t8-,9-,10?/m1/s1. The molecule has 0 spiro atoms. The number of aliphatic hydroxyl groups is 1. The van der Waals surface area contributed by atoms with Gasteiger partial charge in [-0.05, 0) is 25.7 Å². The Hall–Kier alpha value is -0.610. The van der Waals surface area contributed by atoms with Crippen LogP contribution in [0.3, 0.4) is 0 Å². The van der Waals surface area contributed by atoms with Crippen molar-refractivity contribution in [2.45, 2.75) is 44.2 Å². The van der Waals surface area contributed by atoms with Crippen LogP contribution in [0.1, 0.15) is 32.1 Å². The van der Waals surface area contributed by atoms with Gasteiger partial charge in [0.15, 0.2) is 0 Å². The van der Waals surface area contributed by atoms with Gasteiger partial charge in [-0.1, -0.05) is 6.42 Å². The summed E-state index contributed by atoms with van der Waals surface area (Å²) < 4.78 is 0. The van der Waals surface area contributed by atoms with Crippen LogP contribution in [0.2, 0.25) is 0 Å². The molecule has 4 heteroatoms. The Morgan fingerprint density at radius 3 is 2.47 bits per heavy atom. The molecular weight excluding hydrogens is 192 g/mol. The van der Waals surface area contributed by atoms with E-state index in [4.69, 9.17) is 5.73 Å². The van der Waals surface area contributed by atoms with Crippen molar-refractivity contribution in [1.29, 1.82) is 0 Å². The summed E-state index contributed by atoms with van der Waals surface area (Å²) in [6.45, 7) is 1.69. The normalized spacial score (nSPS) is 33.3. The molecule has 1 unspecified atom stereocenters. The summed E-state index contributed by atoms with van der Waals surface area (Å²) in [6.07, 6.45) is 4.49. The molecule has 2 aliphatic rings. The van der Waals surface area contributed by atoms with E-state index in [9.17, 15) is 9.90 Å². The van der Waals surface area contributed by atoms with Gasteiger partial charge < -0.3 is 15.7 Å². The second-order valence-electron chi connectivity index (χ2n) is 4.72. The SMILES string of the molecule is NC(C(=O)N1CCCC1)[C@@H]1CCC[C@H]1O. The molecule has 0 aromatic rings. The van der Waals surface area contributed by atoms with Gasteiger partial charge in [0.05, 0.1) is 12.1 Å². The third kappa shape index (κ3) is 2.16. The van der Waals surface area contributed by atoms with E-state index in [2.05, 4.69) is 0 Å². The van der Waals surface area contributed by atoms with E-state index in [1.54, 1.807) is 0 Å². The third-order valence-electron chi connectivity index (χ3n) is 3.70. The fourth-order valence-corrected chi connectivity index (χ4v) is 2.72. The van der Waals surface area contributed by atoms with E-state index >= 15 is 0 Å². The van der Waals surface area contributed by atoms with E-state index in [0.717, 1.165) is 45.2 Å². The average molecular weight is 212 g/mol. The molecule has 2 rings (SSSR count). The van der Waals surface area contributed by atoms with Crippen molar-refractivity contribution < 1.29 is 9.90 Å². The predicted molar refractivity (Wildman–Crippen MR) is 57.1 cm³/mol. The quantitative estimate of drug-likeness (QED) is 0.682. The van der Waals surface area contributed by atoms with Crippen LogP contribution in [-0.2, 0) is 4.79 Å². The van der Waals surface area contributed by atoms with Crippen molar-refractivity contribution >= 4 is 5.91 Å². The van der Waals surface area contributed by atoms with Crippen LogP contribution < -0.4 is 5.73 Å². The number of aliphatic hydroxyl groups excluding tert-OH is 1. The van der Waals surface area contributed by atoms with Crippen molar-refractivity contribution in [2.75, 3.05) is 13.1 Å². The number of rotatable bonds is 2. The molecule has 1 saturated heterocycles. The first-order valence-electron chi connectivity index (χ1n) is 5.92. The van der Waals surface area contributed by atoms with Gasteiger partial charge in [-0.2, -0.15) is 0 Å². The fourth-order valence-electron chi connectivity index (χ4n) is 2.72. The van der Waals surface area contributed by atoms with Gasteiger partial charge >= 0.3 is 0 Å². The molecule has 3 atom stereocenters. The lowest BCUT2D eigenvalue weighted by Crippen LogP contribution is -2.48. The summed E-state index contributed by atoms with van der Waals surface area (Å²) >= 11 is 0. The highest BCUT2D eigenvalue weighted by Crippen LogP contribution is 2.28. The van der Waals surface area contributed by atoms with Crippen LogP contribution >= 0.6 is 0 Å². The molecule has 86 valence electrons. The molecule has 2 fully saturated rings. The molecule has 0 aromatic carbocycles. The maximum Gasteiger partial charge on any atom is 0.239 e. The monoisotopic (exact) mass is 212 g/mol. The first kappa shape index (κ1) is 10.9. The minimum Gasteiger partial charge on any atom is -0.393 e. The maximum absolute atomic E-state index is 12.0. The van der Waals surface area contributed by atoms with Gasteiger partial charge in [0.1, 0.15) is 0 Å². The van der Waals surface area contributed by atoms with Gasteiger partial charge in [0, 0.05) is 19.0 Å². The van der Waals surface area contributed by atoms with Crippen molar-refractivity contribution in [3.63, 3.8) is 0 Å². The summed E-state index contributed by atoms with van der Waals surface area (Å²) in [4.78, 5) is 13.8. The minimum absolute atomic E-state index is 0.0156. The Morgan fingerprint density at radius 1 is 1.27 bits per heavy atom. The molecule has 3 N–H and O–H groups in total. The molecule has 1 saturated carbocycles. The molecule has 1 amide bonds. The van der Waals surface area contributed by atoms with Gasteiger partial charge in [0.25, 0.3) is 0 Å². The van der Waals surface area contributed by atoms with E-state index < -0.39 is 6.04 Å². The second kappa shape index (κ2) is 4.49. The van der Waals surface area contributed by atoms with E-state index in [1.807, 2.05) is 4.90 Å². The number of likely N-dealkylation sites (tertiary alicyclic amines) is 1. The maximum atomic E-state index is 12.0. The molecule has 1 aliphatic carbocycles. The van der Waals surface area contributed by atoms with Crippen LogP contribution in [0.4, 0.5) is 0 Å². The number of carbonyl (C=O) groups is 1. The highest BCUT2D eigenvalue weighted by atomic mass is 16.3. The van der Waals surface area contributed by atoms with Crippen LogP contribution in [0.25, 0.3) is 0 Å². The summed E-state index contributed by atoms with van der Waals surface area (Å²) in [7, 11) is 0. The Labute approximate surface area is 90.4 Å². The van der Waals surface area contributed by atoms with Gasteiger partial charge in [0.2, 0.25) is 5.91 Å². The first-order valence-corrected chi connectivity index (χ1v) is 5.92. The Bertz CT molecular complexity index is 239. The zero-order chi connectivity index (χ0) is 10.8. The largest absolute Gasteiger partial charge is 0.393 e. The van der Waals surface area contributed by atoms with E-state index in [0.29, 0.717) is 0 Å². The van der Waals surface area contributed by atoms with Crippen molar-refractivity contribution in [3.05, 3.63) is 0 Å². The third-order valence-corrected chi connectivity index (χ3v) is 3.70. The Morgan fingerprint density at radius 2 is 1.93 bits per heavy atom. The molecular formula is C11H20N2O2. The van der Waals surface area contributed by atoms with Crippen LogP contribution in [0.5, 0.6) is 0 Å². The van der Waals surface area contributed by atoms with Crippen molar-refractivity contribution in [2.24, 2.45) is 11.7 Å². The van der Waals surface area contributed by atoms with Crippen molar-refractivity contribution in [3.8, 4) is 0 Å². The number of hydrogen-bond donors (Lipinski definition) is 2. The van der Waals surface area contributed by atoms with Crippen molar-refractivity contribution in [1.82, 2.24) is 4.90 Å².